The Morgan fingerprint density at radius 2 is 1.90 bits per heavy atom. The molecule has 0 radical (unpaired) electrons. The van der Waals surface area contributed by atoms with Crippen LogP contribution in [0.3, 0.4) is 0 Å². The molecule has 0 aliphatic rings. The van der Waals surface area contributed by atoms with Crippen LogP contribution >= 0.6 is 11.6 Å². The van der Waals surface area contributed by atoms with Gasteiger partial charge >= 0.3 is 6.18 Å². The van der Waals surface area contributed by atoms with Crippen molar-refractivity contribution in [2.24, 2.45) is 0 Å². The van der Waals surface area contributed by atoms with Gasteiger partial charge in [-0.25, -0.2) is 9.97 Å². The number of benzene rings is 2. The van der Waals surface area contributed by atoms with Gasteiger partial charge in [-0.2, -0.15) is 23.1 Å². The summed E-state index contributed by atoms with van der Waals surface area (Å²) in [5.74, 6) is 0.128. The molecule has 0 bridgehead atoms. The molecule has 2 aromatic carbocycles. The molecule has 0 fully saturated rings. The van der Waals surface area contributed by atoms with Gasteiger partial charge in [0, 0.05) is 22.3 Å². The van der Waals surface area contributed by atoms with Crippen LogP contribution in [0.4, 0.5) is 13.2 Å². The minimum atomic E-state index is -4.72. The normalized spacial score (nSPS) is 12.9. The first-order valence-electron chi connectivity index (χ1n) is 11.7. The summed E-state index contributed by atoms with van der Waals surface area (Å²) in [6.07, 6.45) is -4.03. The number of nitrogens with one attached hydrogen (secondary N) is 1. The molecule has 0 saturated heterocycles. The minimum Gasteiger partial charge on any atom is -0.486 e. The maximum absolute atomic E-state index is 13.7. The third-order valence-electron chi connectivity index (χ3n) is 5.72. The molecule has 12 heteroatoms. The number of carbonyl (C=O) groups is 1. The monoisotopic (exact) mass is 554 g/mol. The Hall–Kier alpha value is -4.43. The summed E-state index contributed by atoms with van der Waals surface area (Å²) in [6.45, 7) is 4.91. The lowest BCUT2D eigenvalue weighted by Crippen LogP contribution is -2.29. The number of nitrogens with zero attached hydrogens (tertiary/aromatic N) is 5. The highest BCUT2D eigenvalue weighted by atomic mass is 35.5. The number of ether oxygens (including phenoxy) is 1. The summed E-state index contributed by atoms with van der Waals surface area (Å²) in [5, 5.41) is 16.4. The number of carbonyl (C=O) groups excluding carboxylic acids is 1. The zero-order valence-electron chi connectivity index (χ0n) is 21.0. The summed E-state index contributed by atoms with van der Waals surface area (Å²) in [7, 11) is 0. The highest BCUT2D eigenvalue weighted by Crippen LogP contribution is 2.35. The molecule has 1 amide bonds. The van der Waals surface area contributed by atoms with Gasteiger partial charge in [-0.1, -0.05) is 29.8 Å². The number of amides is 1. The smallest absolute Gasteiger partial charge is 0.416 e. The van der Waals surface area contributed by atoms with Crippen LogP contribution in [-0.4, -0.2) is 25.7 Å². The highest BCUT2D eigenvalue weighted by molar-refractivity contribution is 6.31. The van der Waals surface area contributed by atoms with Crippen LogP contribution in [0.2, 0.25) is 5.02 Å². The van der Waals surface area contributed by atoms with Crippen LogP contribution in [-0.2, 0) is 6.18 Å². The Kier molecular flexibility index (Phi) is 7.88. The van der Waals surface area contributed by atoms with Crippen molar-refractivity contribution in [3.63, 3.8) is 0 Å². The van der Waals surface area contributed by atoms with Gasteiger partial charge in [-0.3, -0.25) is 4.79 Å². The van der Waals surface area contributed by atoms with E-state index in [0.29, 0.717) is 33.6 Å². The van der Waals surface area contributed by atoms with Crippen LogP contribution in [0.1, 0.15) is 64.7 Å². The summed E-state index contributed by atoms with van der Waals surface area (Å²) in [4.78, 5) is 21.7. The molecule has 2 unspecified atom stereocenters. The third kappa shape index (κ3) is 6.35. The first-order chi connectivity index (χ1) is 18.5. The minimum absolute atomic E-state index is 0.143. The van der Waals surface area contributed by atoms with Gasteiger partial charge < -0.3 is 10.1 Å². The predicted molar refractivity (Wildman–Crippen MR) is 136 cm³/mol. The molecule has 8 nitrogen and oxygen atoms in total. The molecule has 0 spiro atoms. The molecule has 1 N–H and O–H groups in total. The molecule has 2 aromatic heterocycles. The van der Waals surface area contributed by atoms with Crippen molar-refractivity contribution in [3.8, 4) is 17.6 Å². The second-order valence-corrected chi connectivity index (χ2v) is 9.07. The average molecular weight is 555 g/mol. The van der Waals surface area contributed by atoms with Crippen LogP contribution < -0.4 is 10.1 Å². The zero-order valence-corrected chi connectivity index (χ0v) is 21.7. The van der Waals surface area contributed by atoms with Gasteiger partial charge in [0.05, 0.1) is 17.2 Å². The molecule has 0 aliphatic carbocycles. The largest absolute Gasteiger partial charge is 0.486 e. The standard InChI is InChI=1S/C27H22ClF3N6O2/c1-15(25-35-17(3)36-37(25)24-9-8-18(13-32)14-33-24)34-26(38)19-10-20(27(29,30)31)12-21(11-19)39-16(2)22-6-4-5-7-23(22)28/h4-12,14-16H,1-3H3,(H,34,38). The molecular weight excluding hydrogens is 533 g/mol. The maximum Gasteiger partial charge on any atom is 0.416 e. The van der Waals surface area contributed by atoms with Gasteiger partial charge in [0.1, 0.15) is 23.7 Å². The topological polar surface area (TPSA) is 106 Å². The van der Waals surface area contributed by atoms with E-state index in [0.717, 1.165) is 12.1 Å². The Balaban J connectivity index is 1.61. The Labute approximate surface area is 227 Å². The number of nitriles is 1. The van der Waals surface area contributed by atoms with Crippen LogP contribution in [0.25, 0.3) is 5.82 Å². The lowest BCUT2D eigenvalue weighted by atomic mass is 10.1. The van der Waals surface area contributed by atoms with E-state index in [4.69, 9.17) is 21.6 Å². The first-order valence-corrected chi connectivity index (χ1v) is 12.1. The number of rotatable bonds is 7. The lowest BCUT2D eigenvalue weighted by Gasteiger charge is -2.19. The van der Waals surface area contributed by atoms with Crippen molar-refractivity contribution in [1.82, 2.24) is 25.1 Å². The number of pyridine rings is 1. The summed E-state index contributed by atoms with van der Waals surface area (Å²) >= 11 is 6.20. The lowest BCUT2D eigenvalue weighted by molar-refractivity contribution is -0.137. The van der Waals surface area contributed by atoms with Crippen molar-refractivity contribution in [2.75, 3.05) is 0 Å². The van der Waals surface area contributed by atoms with Crippen molar-refractivity contribution >= 4 is 17.5 Å². The van der Waals surface area contributed by atoms with Gasteiger partial charge in [-0.15, -0.1) is 5.10 Å². The number of hydrogen-bond donors (Lipinski definition) is 1. The van der Waals surface area contributed by atoms with Crippen molar-refractivity contribution in [2.45, 2.75) is 39.1 Å². The summed E-state index contributed by atoms with van der Waals surface area (Å²) < 4.78 is 48.3. The van der Waals surface area contributed by atoms with Gasteiger partial charge in [0.2, 0.25) is 0 Å². The van der Waals surface area contributed by atoms with E-state index in [2.05, 4.69) is 20.4 Å². The molecular formula is C27H22ClF3N6O2. The fourth-order valence-corrected chi connectivity index (χ4v) is 4.13. The Bertz CT molecular complexity index is 1550. The van der Waals surface area contributed by atoms with Crippen molar-refractivity contribution in [1.29, 1.82) is 5.26 Å². The fourth-order valence-electron chi connectivity index (χ4n) is 3.84. The number of hydrogen-bond acceptors (Lipinski definition) is 6. The first kappa shape index (κ1) is 27.6. The van der Waals surface area contributed by atoms with E-state index in [1.54, 1.807) is 57.2 Å². The molecule has 4 aromatic rings. The van der Waals surface area contributed by atoms with E-state index in [1.807, 2.05) is 6.07 Å². The molecule has 200 valence electrons. The molecule has 2 heterocycles. The van der Waals surface area contributed by atoms with E-state index in [1.165, 1.54) is 16.9 Å². The average Bonchev–Trinajstić information content (AvgIpc) is 3.30. The number of aryl methyl sites for hydroxylation is 1. The van der Waals surface area contributed by atoms with Crippen LogP contribution in [0.5, 0.6) is 5.75 Å². The van der Waals surface area contributed by atoms with Crippen LogP contribution in [0.15, 0.2) is 60.8 Å². The molecule has 2 atom stereocenters. The Morgan fingerprint density at radius 1 is 1.15 bits per heavy atom. The second-order valence-electron chi connectivity index (χ2n) is 8.67. The highest BCUT2D eigenvalue weighted by Gasteiger charge is 2.33. The predicted octanol–water partition coefficient (Wildman–Crippen LogP) is 6.15. The molecule has 0 aliphatic heterocycles. The maximum atomic E-state index is 13.7. The van der Waals surface area contributed by atoms with Gasteiger partial charge in [0.25, 0.3) is 5.91 Å². The number of halogens is 4. The van der Waals surface area contributed by atoms with Crippen molar-refractivity contribution in [3.05, 3.63) is 99.7 Å². The second kappa shape index (κ2) is 11.1. The van der Waals surface area contributed by atoms with Gasteiger partial charge in [-0.05, 0) is 57.2 Å². The summed E-state index contributed by atoms with van der Waals surface area (Å²) in [6, 6.07) is 14.0. The van der Waals surface area contributed by atoms with Crippen molar-refractivity contribution < 1.29 is 22.7 Å². The molecule has 39 heavy (non-hydrogen) atoms. The third-order valence-corrected chi connectivity index (χ3v) is 6.06. The van der Waals surface area contributed by atoms with E-state index < -0.39 is 29.8 Å². The zero-order chi connectivity index (χ0) is 28.3. The van der Waals surface area contributed by atoms with Crippen LogP contribution in [0, 0.1) is 18.3 Å². The Morgan fingerprint density at radius 3 is 2.54 bits per heavy atom. The van der Waals surface area contributed by atoms with E-state index in [-0.39, 0.29) is 11.3 Å². The number of aromatic nitrogens is 4. The summed E-state index contributed by atoms with van der Waals surface area (Å²) in [5.41, 5.74) is -0.352. The number of alkyl halides is 3. The van der Waals surface area contributed by atoms with Gasteiger partial charge in [0.15, 0.2) is 11.6 Å². The van der Waals surface area contributed by atoms with E-state index >= 15 is 0 Å². The molecule has 4 rings (SSSR count). The SMILES string of the molecule is Cc1nc(C(C)NC(=O)c2cc(OC(C)c3ccccc3Cl)cc(C(F)(F)F)c2)n(-c2ccc(C#N)cn2)n1. The van der Waals surface area contributed by atoms with E-state index in [9.17, 15) is 18.0 Å². The quantitative estimate of drug-likeness (QED) is 0.294. The fraction of sp³-hybridized carbons (Fsp3) is 0.222. The molecule has 0 saturated carbocycles.